The lowest BCUT2D eigenvalue weighted by Gasteiger charge is -2.36. The molecule has 0 N–H and O–H groups in total. The molecule has 1 fully saturated rings. The number of nitro groups is 1. The lowest BCUT2D eigenvalue weighted by atomic mass is 10.0. The summed E-state index contributed by atoms with van der Waals surface area (Å²) in [6.07, 6.45) is 1.21. The number of benzene rings is 1. The van der Waals surface area contributed by atoms with Crippen LogP contribution in [-0.2, 0) is 10.0 Å². The van der Waals surface area contributed by atoms with E-state index in [1.807, 2.05) is 11.0 Å². The molecule has 0 unspecified atom stereocenters. The third kappa shape index (κ3) is 3.66. The fraction of sp³-hybridized carbons (Fsp3) is 0.533. The minimum Gasteiger partial charge on any atom is -0.366 e. The molecular weight excluding hydrogens is 332 g/mol. The van der Waals surface area contributed by atoms with Gasteiger partial charge in [0.2, 0.25) is 10.0 Å². The zero-order valence-electron chi connectivity index (χ0n) is 13.7. The summed E-state index contributed by atoms with van der Waals surface area (Å²) in [6, 6.07) is 6.22. The monoisotopic (exact) mass is 352 g/mol. The summed E-state index contributed by atoms with van der Waals surface area (Å²) < 4.78 is 25.3. The van der Waals surface area contributed by atoms with Crippen molar-refractivity contribution in [2.75, 3.05) is 30.8 Å². The van der Waals surface area contributed by atoms with Crippen LogP contribution in [0.2, 0.25) is 0 Å². The van der Waals surface area contributed by atoms with Gasteiger partial charge in [0, 0.05) is 32.2 Å². The van der Waals surface area contributed by atoms with Gasteiger partial charge in [-0.3, -0.25) is 10.1 Å². The van der Waals surface area contributed by atoms with Crippen LogP contribution in [0.1, 0.15) is 25.3 Å². The summed E-state index contributed by atoms with van der Waals surface area (Å²) in [4.78, 5) is 12.6. The number of nitrogens with zero attached hydrogens (tertiary/aromatic N) is 4. The van der Waals surface area contributed by atoms with Crippen molar-refractivity contribution in [1.29, 1.82) is 5.26 Å². The van der Waals surface area contributed by atoms with Crippen molar-refractivity contribution in [2.45, 2.75) is 25.8 Å². The second-order valence-corrected chi connectivity index (χ2v) is 8.02. The van der Waals surface area contributed by atoms with Crippen LogP contribution in [0, 0.1) is 21.4 Å². The normalized spacial score (nSPS) is 16.2. The highest BCUT2D eigenvalue weighted by Crippen LogP contribution is 2.32. The van der Waals surface area contributed by atoms with Crippen LogP contribution in [0.5, 0.6) is 0 Å². The van der Waals surface area contributed by atoms with Crippen molar-refractivity contribution in [3.05, 3.63) is 33.9 Å². The Balaban J connectivity index is 2.16. The number of hydrogen-bond donors (Lipinski definition) is 0. The van der Waals surface area contributed by atoms with E-state index < -0.39 is 14.9 Å². The van der Waals surface area contributed by atoms with Crippen molar-refractivity contribution in [2.24, 2.45) is 0 Å². The Labute approximate surface area is 141 Å². The van der Waals surface area contributed by atoms with E-state index in [-0.39, 0.29) is 23.0 Å². The average Bonchev–Trinajstić information content (AvgIpc) is 2.60. The van der Waals surface area contributed by atoms with Crippen molar-refractivity contribution in [3.8, 4) is 6.07 Å². The number of nitriles is 1. The van der Waals surface area contributed by atoms with E-state index in [9.17, 15) is 18.5 Å². The van der Waals surface area contributed by atoms with Gasteiger partial charge in [-0.1, -0.05) is 0 Å². The van der Waals surface area contributed by atoms with E-state index in [4.69, 9.17) is 5.26 Å². The highest BCUT2D eigenvalue weighted by Gasteiger charge is 2.30. The molecule has 1 heterocycles. The average molecular weight is 352 g/mol. The summed E-state index contributed by atoms with van der Waals surface area (Å²) in [5.74, 6) is 0.0603. The minimum atomic E-state index is -3.24. The quantitative estimate of drug-likeness (QED) is 0.590. The number of rotatable bonds is 5. The maximum Gasteiger partial charge on any atom is 0.293 e. The van der Waals surface area contributed by atoms with Gasteiger partial charge in [0.15, 0.2) is 0 Å². The van der Waals surface area contributed by atoms with E-state index >= 15 is 0 Å². The standard InChI is InChI=1S/C15H20N4O4S/c1-3-24(22,23)17(2)13-6-8-18(9-7-13)14-5-4-12(11-16)10-15(14)19(20)21/h4-5,10,13H,3,6-9H2,1-2H3. The van der Waals surface area contributed by atoms with Gasteiger partial charge in [-0.2, -0.15) is 5.26 Å². The first-order chi connectivity index (χ1) is 11.3. The van der Waals surface area contributed by atoms with Crippen molar-refractivity contribution in [1.82, 2.24) is 4.31 Å². The van der Waals surface area contributed by atoms with Crippen molar-refractivity contribution < 1.29 is 13.3 Å². The van der Waals surface area contributed by atoms with E-state index in [1.165, 1.54) is 10.4 Å². The molecule has 2 rings (SSSR count). The fourth-order valence-corrected chi connectivity index (χ4v) is 3.98. The number of nitro benzene ring substituents is 1. The Bertz CT molecular complexity index is 764. The first-order valence-corrected chi connectivity index (χ1v) is 9.30. The third-order valence-electron chi connectivity index (χ3n) is 4.42. The molecule has 8 nitrogen and oxygen atoms in total. The molecule has 1 saturated heterocycles. The maximum atomic E-state index is 12.0. The fourth-order valence-electron chi connectivity index (χ4n) is 2.91. The Morgan fingerprint density at radius 2 is 2.04 bits per heavy atom. The van der Waals surface area contributed by atoms with Gasteiger partial charge in [-0.25, -0.2) is 12.7 Å². The van der Waals surface area contributed by atoms with Gasteiger partial charge in [0.25, 0.3) is 5.69 Å². The van der Waals surface area contributed by atoms with Gasteiger partial charge >= 0.3 is 0 Å². The molecular formula is C15H20N4O4S. The SMILES string of the molecule is CCS(=O)(=O)N(C)C1CCN(c2ccc(C#N)cc2[N+](=O)[O-])CC1. The summed E-state index contributed by atoms with van der Waals surface area (Å²) >= 11 is 0. The largest absolute Gasteiger partial charge is 0.366 e. The van der Waals surface area contributed by atoms with Crippen molar-refractivity contribution in [3.63, 3.8) is 0 Å². The number of anilines is 1. The predicted octanol–water partition coefficient (Wildman–Crippen LogP) is 1.72. The predicted molar refractivity (Wildman–Crippen MR) is 90.3 cm³/mol. The highest BCUT2D eigenvalue weighted by molar-refractivity contribution is 7.89. The maximum absolute atomic E-state index is 12.0. The second kappa shape index (κ2) is 7.15. The summed E-state index contributed by atoms with van der Waals surface area (Å²) in [6.45, 7) is 2.67. The van der Waals surface area contributed by atoms with E-state index in [0.717, 1.165) is 0 Å². The molecule has 0 aromatic heterocycles. The van der Waals surface area contributed by atoms with Crippen LogP contribution in [0.25, 0.3) is 0 Å². The number of sulfonamides is 1. The Morgan fingerprint density at radius 1 is 1.42 bits per heavy atom. The zero-order valence-corrected chi connectivity index (χ0v) is 14.5. The Hall–Kier alpha value is -2.18. The molecule has 1 aromatic carbocycles. The zero-order chi connectivity index (χ0) is 17.9. The molecule has 0 saturated carbocycles. The topological polar surface area (TPSA) is 108 Å². The van der Waals surface area contributed by atoms with Crippen LogP contribution in [0.3, 0.4) is 0 Å². The van der Waals surface area contributed by atoms with Crippen LogP contribution >= 0.6 is 0 Å². The molecule has 0 amide bonds. The van der Waals surface area contributed by atoms with E-state index in [0.29, 0.717) is 31.6 Å². The van der Waals surface area contributed by atoms with Crippen LogP contribution in [0.15, 0.2) is 18.2 Å². The molecule has 0 bridgehead atoms. The number of hydrogen-bond acceptors (Lipinski definition) is 6. The van der Waals surface area contributed by atoms with Gasteiger partial charge in [0.1, 0.15) is 5.69 Å². The van der Waals surface area contributed by atoms with E-state index in [2.05, 4.69) is 0 Å². The van der Waals surface area contributed by atoms with E-state index in [1.54, 1.807) is 26.1 Å². The third-order valence-corrected chi connectivity index (χ3v) is 6.33. The molecule has 1 aromatic rings. The number of piperidine rings is 1. The Kier molecular flexibility index (Phi) is 5.41. The summed E-state index contributed by atoms with van der Waals surface area (Å²) in [5, 5.41) is 20.1. The van der Waals surface area contributed by atoms with Gasteiger partial charge in [0.05, 0.1) is 22.3 Å². The van der Waals surface area contributed by atoms with Gasteiger partial charge < -0.3 is 4.90 Å². The lowest BCUT2D eigenvalue weighted by molar-refractivity contribution is -0.384. The molecule has 130 valence electrons. The molecule has 9 heteroatoms. The highest BCUT2D eigenvalue weighted by atomic mass is 32.2. The molecule has 0 radical (unpaired) electrons. The summed E-state index contributed by atoms with van der Waals surface area (Å²) in [5.41, 5.74) is 0.620. The van der Waals surface area contributed by atoms with Crippen LogP contribution in [-0.4, -0.2) is 49.6 Å². The molecule has 0 atom stereocenters. The van der Waals surface area contributed by atoms with Gasteiger partial charge in [-0.15, -0.1) is 0 Å². The molecule has 1 aliphatic heterocycles. The van der Waals surface area contributed by atoms with Crippen LogP contribution < -0.4 is 4.90 Å². The smallest absolute Gasteiger partial charge is 0.293 e. The first kappa shape index (κ1) is 18.2. The minimum absolute atomic E-state index is 0.0603. The molecule has 24 heavy (non-hydrogen) atoms. The van der Waals surface area contributed by atoms with Gasteiger partial charge in [-0.05, 0) is 31.9 Å². The Morgan fingerprint density at radius 3 is 2.54 bits per heavy atom. The van der Waals surface area contributed by atoms with Crippen molar-refractivity contribution >= 4 is 21.4 Å². The van der Waals surface area contributed by atoms with Crippen LogP contribution in [0.4, 0.5) is 11.4 Å². The molecule has 1 aliphatic rings. The second-order valence-electron chi connectivity index (χ2n) is 5.71. The molecule has 0 spiro atoms. The molecule has 0 aliphatic carbocycles. The first-order valence-electron chi connectivity index (χ1n) is 7.69. The summed E-state index contributed by atoms with van der Waals surface area (Å²) in [7, 11) is -1.65. The lowest BCUT2D eigenvalue weighted by Crippen LogP contribution is -2.46.